The van der Waals surface area contributed by atoms with Crippen molar-refractivity contribution in [3.63, 3.8) is 0 Å². The summed E-state index contributed by atoms with van der Waals surface area (Å²) in [5, 5.41) is 9.46. The maximum atomic E-state index is 8.85. The number of aromatic hydroxyl groups is 1. The van der Waals surface area contributed by atoms with Crippen LogP contribution in [0.3, 0.4) is 0 Å². The third kappa shape index (κ3) is 1.92. The van der Waals surface area contributed by atoms with Crippen molar-refractivity contribution in [3.8, 4) is 5.75 Å². The first-order valence-electron chi connectivity index (χ1n) is 2.65. The zero-order valence-corrected chi connectivity index (χ0v) is 5.81. The van der Waals surface area contributed by atoms with Crippen LogP contribution in [0.5, 0.6) is 5.75 Å². The molecule has 1 aromatic carbocycles. The van der Waals surface area contributed by atoms with Gasteiger partial charge in [-0.1, -0.05) is 25.1 Å². The quantitative estimate of drug-likeness (QED) is 0.616. The molecule has 0 radical (unpaired) electrons. The number of rotatable bonds is 0. The summed E-state index contributed by atoms with van der Waals surface area (Å²) in [6, 6.07) is 4.91. The van der Waals surface area contributed by atoms with Crippen molar-refractivity contribution < 1.29 is 5.11 Å². The fourth-order valence-electron chi connectivity index (χ4n) is 0.582. The van der Waals surface area contributed by atoms with Gasteiger partial charge in [-0.25, -0.2) is 0 Å². The van der Waals surface area contributed by atoms with E-state index in [4.69, 9.17) is 16.7 Å². The molecule has 0 unspecified atom stereocenters. The minimum atomic E-state index is 0. The molecule has 1 nitrogen and oxygen atoms in total. The van der Waals surface area contributed by atoms with Gasteiger partial charge < -0.3 is 5.11 Å². The SMILES string of the molecule is C.Cc1ccc(O)cc1Cl. The summed E-state index contributed by atoms with van der Waals surface area (Å²) in [5.74, 6) is 0.214. The first-order valence-corrected chi connectivity index (χ1v) is 3.03. The molecule has 0 saturated heterocycles. The maximum absolute atomic E-state index is 8.85. The molecule has 1 rings (SSSR count). The molecule has 0 bridgehead atoms. The summed E-state index contributed by atoms with van der Waals surface area (Å²) in [5.41, 5.74) is 0.981. The molecule has 0 aliphatic heterocycles. The fourth-order valence-corrected chi connectivity index (χ4v) is 0.757. The zero-order chi connectivity index (χ0) is 6.85. The summed E-state index contributed by atoms with van der Waals surface area (Å²) in [7, 11) is 0. The predicted molar refractivity (Wildman–Crippen MR) is 44.6 cm³/mol. The van der Waals surface area contributed by atoms with Gasteiger partial charge in [0, 0.05) is 5.02 Å². The average molecular weight is 159 g/mol. The second-order valence-corrected chi connectivity index (χ2v) is 2.34. The summed E-state index contributed by atoms with van der Waals surface area (Å²) in [4.78, 5) is 0. The molecule has 0 aliphatic rings. The van der Waals surface area contributed by atoms with Crippen molar-refractivity contribution in [2.45, 2.75) is 14.4 Å². The van der Waals surface area contributed by atoms with Crippen LogP contribution >= 0.6 is 11.6 Å². The molecule has 1 aromatic rings. The van der Waals surface area contributed by atoms with Crippen LogP contribution in [0.1, 0.15) is 13.0 Å². The lowest BCUT2D eigenvalue weighted by Gasteiger charge is -1.95. The molecular formula is C8H11ClO. The highest BCUT2D eigenvalue weighted by molar-refractivity contribution is 6.31. The topological polar surface area (TPSA) is 20.2 Å². The third-order valence-corrected chi connectivity index (χ3v) is 1.56. The van der Waals surface area contributed by atoms with E-state index in [1.54, 1.807) is 12.1 Å². The van der Waals surface area contributed by atoms with Gasteiger partial charge in [0.25, 0.3) is 0 Å². The smallest absolute Gasteiger partial charge is 0.117 e. The molecule has 0 spiro atoms. The number of halogens is 1. The molecule has 10 heavy (non-hydrogen) atoms. The van der Waals surface area contributed by atoms with Crippen molar-refractivity contribution >= 4 is 11.6 Å². The molecule has 0 aromatic heterocycles. The van der Waals surface area contributed by atoms with Gasteiger partial charge in [0.1, 0.15) is 5.75 Å². The number of benzene rings is 1. The molecular weight excluding hydrogens is 148 g/mol. The van der Waals surface area contributed by atoms with Crippen LogP contribution in [0.4, 0.5) is 0 Å². The van der Waals surface area contributed by atoms with Gasteiger partial charge in [-0.05, 0) is 24.6 Å². The van der Waals surface area contributed by atoms with Gasteiger partial charge in [-0.3, -0.25) is 0 Å². The number of hydrogen-bond acceptors (Lipinski definition) is 1. The fraction of sp³-hybridized carbons (Fsp3) is 0.250. The first kappa shape index (κ1) is 9.31. The Balaban J connectivity index is 0.000000810. The largest absolute Gasteiger partial charge is 0.508 e. The molecule has 0 saturated carbocycles. The highest BCUT2D eigenvalue weighted by Gasteiger charge is 1.93. The van der Waals surface area contributed by atoms with Crippen molar-refractivity contribution in [1.29, 1.82) is 0 Å². The van der Waals surface area contributed by atoms with Gasteiger partial charge in [0.05, 0.1) is 0 Å². The standard InChI is InChI=1S/C7H7ClO.CH4/c1-5-2-3-6(9)4-7(5)8;/h2-4,9H,1H3;1H4. The van der Waals surface area contributed by atoms with Crippen LogP contribution in [-0.2, 0) is 0 Å². The maximum Gasteiger partial charge on any atom is 0.117 e. The van der Waals surface area contributed by atoms with E-state index >= 15 is 0 Å². The Morgan fingerprint density at radius 1 is 1.40 bits per heavy atom. The zero-order valence-electron chi connectivity index (χ0n) is 5.06. The van der Waals surface area contributed by atoms with Crippen molar-refractivity contribution in [2.75, 3.05) is 0 Å². The molecule has 0 amide bonds. The Morgan fingerprint density at radius 2 is 2.00 bits per heavy atom. The van der Waals surface area contributed by atoms with Crippen molar-refractivity contribution in [3.05, 3.63) is 28.8 Å². The van der Waals surface area contributed by atoms with Gasteiger partial charge in [0.2, 0.25) is 0 Å². The lowest BCUT2D eigenvalue weighted by molar-refractivity contribution is 0.475. The van der Waals surface area contributed by atoms with Crippen LogP contribution in [0.2, 0.25) is 5.02 Å². The summed E-state index contributed by atoms with van der Waals surface area (Å²) >= 11 is 5.65. The Labute approximate surface area is 66.3 Å². The molecule has 2 heteroatoms. The van der Waals surface area contributed by atoms with Crippen LogP contribution in [0.15, 0.2) is 18.2 Å². The highest BCUT2D eigenvalue weighted by Crippen LogP contribution is 2.19. The van der Waals surface area contributed by atoms with E-state index in [2.05, 4.69) is 0 Å². The van der Waals surface area contributed by atoms with Crippen LogP contribution in [0, 0.1) is 6.92 Å². The number of hydrogen-bond donors (Lipinski definition) is 1. The lowest BCUT2D eigenvalue weighted by Crippen LogP contribution is -1.71. The molecule has 0 aliphatic carbocycles. The number of aryl methyl sites for hydroxylation is 1. The van der Waals surface area contributed by atoms with E-state index in [-0.39, 0.29) is 13.2 Å². The first-order chi connectivity index (χ1) is 4.20. The minimum Gasteiger partial charge on any atom is -0.508 e. The second kappa shape index (κ2) is 3.47. The molecule has 56 valence electrons. The highest BCUT2D eigenvalue weighted by atomic mass is 35.5. The van der Waals surface area contributed by atoms with Crippen molar-refractivity contribution in [2.24, 2.45) is 0 Å². The monoisotopic (exact) mass is 158 g/mol. The van der Waals surface area contributed by atoms with E-state index in [9.17, 15) is 0 Å². The van der Waals surface area contributed by atoms with Gasteiger partial charge in [-0.15, -0.1) is 0 Å². The summed E-state index contributed by atoms with van der Waals surface area (Å²) in [6.45, 7) is 1.89. The average Bonchev–Trinajstić information content (AvgIpc) is 1.80. The van der Waals surface area contributed by atoms with Crippen LogP contribution in [0.25, 0.3) is 0 Å². The Kier molecular flexibility index (Phi) is 3.23. The second-order valence-electron chi connectivity index (χ2n) is 1.93. The Bertz CT molecular complexity index is 220. The molecule has 0 heterocycles. The van der Waals surface area contributed by atoms with Crippen LogP contribution in [-0.4, -0.2) is 5.11 Å². The lowest BCUT2D eigenvalue weighted by atomic mass is 10.2. The van der Waals surface area contributed by atoms with E-state index in [1.165, 1.54) is 6.07 Å². The Hall–Kier alpha value is -0.690. The third-order valence-electron chi connectivity index (χ3n) is 1.16. The van der Waals surface area contributed by atoms with Gasteiger partial charge in [-0.2, -0.15) is 0 Å². The van der Waals surface area contributed by atoms with Crippen LogP contribution < -0.4 is 0 Å². The van der Waals surface area contributed by atoms with Gasteiger partial charge in [0.15, 0.2) is 0 Å². The molecule has 0 atom stereocenters. The normalized spacial score (nSPS) is 8.60. The van der Waals surface area contributed by atoms with E-state index in [1.807, 2.05) is 6.92 Å². The van der Waals surface area contributed by atoms with Gasteiger partial charge >= 0.3 is 0 Å². The molecule has 1 N–H and O–H groups in total. The minimum absolute atomic E-state index is 0. The summed E-state index contributed by atoms with van der Waals surface area (Å²) < 4.78 is 0. The van der Waals surface area contributed by atoms with Crippen molar-refractivity contribution in [1.82, 2.24) is 0 Å². The van der Waals surface area contributed by atoms with E-state index < -0.39 is 0 Å². The number of phenolic OH excluding ortho intramolecular Hbond substituents is 1. The molecule has 0 fully saturated rings. The van der Waals surface area contributed by atoms with E-state index in [0.717, 1.165) is 5.56 Å². The predicted octanol–water partition coefficient (Wildman–Crippen LogP) is 2.99. The van der Waals surface area contributed by atoms with E-state index in [0.29, 0.717) is 5.02 Å². The Morgan fingerprint density at radius 3 is 2.40 bits per heavy atom. The summed E-state index contributed by atoms with van der Waals surface area (Å²) in [6.07, 6.45) is 0. The number of phenols is 1.